The third kappa shape index (κ3) is 8.77. The molecule has 0 spiro atoms. The first kappa shape index (κ1) is 31.1. The monoisotopic (exact) mass is 570 g/mol. The van der Waals surface area contributed by atoms with Crippen LogP contribution in [-0.2, 0) is 39.8 Å². The number of amides is 1. The van der Waals surface area contributed by atoms with Crippen molar-refractivity contribution in [1.29, 1.82) is 0 Å². The number of carbonyl (C=O) groups is 4. The van der Waals surface area contributed by atoms with Crippen molar-refractivity contribution in [2.75, 3.05) is 27.1 Å². The first-order valence-electron chi connectivity index (χ1n) is 12.9. The summed E-state index contributed by atoms with van der Waals surface area (Å²) in [5.74, 6) is -3.69. The summed E-state index contributed by atoms with van der Waals surface area (Å²) < 4.78 is 32.6. The largest absolute Gasteiger partial charge is 0.493 e. The van der Waals surface area contributed by atoms with E-state index in [0.29, 0.717) is 0 Å². The minimum absolute atomic E-state index is 0.119. The minimum atomic E-state index is -1.37. The molecule has 1 saturated heterocycles. The summed E-state index contributed by atoms with van der Waals surface area (Å²) >= 11 is 0. The molecule has 12 nitrogen and oxygen atoms in total. The average Bonchev–Trinajstić information content (AvgIpc) is 2.97. The van der Waals surface area contributed by atoms with Gasteiger partial charge in [0.2, 0.25) is 6.79 Å². The van der Waals surface area contributed by atoms with Crippen molar-refractivity contribution >= 4 is 23.8 Å². The molecule has 0 radical (unpaired) electrons. The maximum atomic E-state index is 13.3. The number of esters is 3. The van der Waals surface area contributed by atoms with Crippen molar-refractivity contribution in [2.24, 2.45) is 5.92 Å². The number of carbonyl (C=O) groups excluding carboxylic acids is 4. The topological polar surface area (TPSA) is 149 Å². The molecule has 1 aliphatic heterocycles. The van der Waals surface area contributed by atoms with Gasteiger partial charge in [-0.3, -0.25) is 14.4 Å². The van der Waals surface area contributed by atoms with Crippen molar-refractivity contribution in [3.8, 4) is 11.5 Å². The fourth-order valence-electron chi connectivity index (χ4n) is 4.08. The molecule has 2 aromatic rings. The highest BCUT2D eigenvalue weighted by Gasteiger charge is 2.40. The van der Waals surface area contributed by atoms with Crippen molar-refractivity contribution in [3.63, 3.8) is 0 Å². The summed E-state index contributed by atoms with van der Waals surface area (Å²) in [4.78, 5) is 54.9. The number of ether oxygens (including phenoxy) is 6. The third-order valence-corrected chi connectivity index (χ3v) is 6.04. The second kappa shape index (κ2) is 14.8. The molecule has 4 atom stereocenters. The molecule has 2 heterocycles. The minimum Gasteiger partial charge on any atom is -0.493 e. The van der Waals surface area contributed by atoms with E-state index in [-0.39, 0.29) is 30.2 Å². The molecular formula is C29H34N2O10. The Morgan fingerprint density at radius 1 is 1.12 bits per heavy atom. The fourth-order valence-corrected chi connectivity index (χ4v) is 4.08. The van der Waals surface area contributed by atoms with Gasteiger partial charge in [-0.2, -0.15) is 0 Å². The number of cyclic esters (lactones) is 2. The highest BCUT2D eigenvalue weighted by atomic mass is 16.7. The number of pyridine rings is 1. The van der Waals surface area contributed by atoms with Crippen LogP contribution in [0.4, 0.5) is 0 Å². The Balaban J connectivity index is 1.84. The first-order valence-corrected chi connectivity index (χ1v) is 12.9. The van der Waals surface area contributed by atoms with Crippen LogP contribution in [0.25, 0.3) is 0 Å². The van der Waals surface area contributed by atoms with Crippen LogP contribution in [0.3, 0.4) is 0 Å². The number of hydrogen-bond donors (Lipinski definition) is 1. The normalized spacial score (nSPS) is 20.8. The first-order chi connectivity index (χ1) is 19.6. The van der Waals surface area contributed by atoms with Gasteiger partial charge in [-0.1, -0.05) is 42.5 Å². The predicted molar refractivity (Wildman–Crippen MR) is 144 cm³/mol. The molecule has 1 aromatic carbocycles. The number of aromatic nitrogens is 1. The molecule has 1 fully saturated rings. The highest BCUT2D eigenvalue weighted by molar-refractivity contribution is 5.98. The lowest BCUT2D eigenvalue weighted by molar-refractivity contribution is -0.163. The van der Waals surface area contributed by atoms with Gasteiger partial charge in [0.15, 0.2) is 23.2 Å². The van der Waals surface area contributed by atoms with Gasteiger partial charge in [-0.25, -0.2) is 9.78 Å². The molecule has 220 valence electrons. The quantitative estimate of drug-likeness (QED) is 0.184. The number of benzene rings is 1. The number of nitrogens with zero attached hydrogens (tertiary/aromatic N) is 1. The van der Waals surface area contributed by atoms with Crippen LogP contribution in [0.15, 0.2) is 54.7 Å². The number of hydrogen-bond acceptors (Lipinski definition) is 11. The van der Waals surface area contributed by atoms with Gasteiger partial charge in [-0.05, 0) is 25.8 Å². The summed E-state index contributed by atoms with van der Waals surface area (Å²) in [5, 5.41) is 2.49. The molecule has 41 heavy (non-hydrogen) atoms. The summed E-state index contributed by atoms with van der Waals surface area (Å²) in [7, 11) is 1.35. The van der Waals surface area contributed by atoms with E-state index in [2.05, 4.69) is 16.9 Å². The highest BCUT2D eigenvalue weighted by Crippen LogP contribution is 2.30. The summed E-state index contributed by atoms with van der Waals surface area (Å²) in [6.45, 7) is 7.56. The van der Waals surface area contributed by atoms with Gasteiger partial charge in [0, 0.05) is 19.2 Å². The third-order valence-electron chi connectivity index (χ3n) is 6.04. The SMILES string of the molecule is C=C(C)CO[C@@H]1C(Cc2ccccc2)C(=O)OC[C@H](NC(=O)c2nccc(OC)c2OCOC(C)=O)C(=O)O[C@H]1C. The van der Waals surface area contributed by atoms with Crippen LogP contribution in [0.2, 0.25) is 0 Å². The molecule has 1 aromatic heterocycles. The molecule has 1 unspecified atom stereocenters. The van der Waals surface area contributed by atoms with E-state index in [9.17, 15) is 19.2 Å². The van der Waals surface area contributed by atoms with Crippen molar-refractivity contribution in [2.45, 2.75) is 45.4 Å². The molecule has 0 saturated carbocycles. The molecule has 3 rings (SSSR count). The van der Waals surface area contributed by atoms with Gasteiger partial charge < -0.3 is 33.7 Å². The van der Waals surface area contributed by atoms with E-state index in [4.69, 9.17) is 28.4 Å². The molecule has 1 aliphatic rings. The molecule has 1 N–H and O–H groups in total. The smallest absolute Gasteiger partial charge is 0.332 e. The van der Waals surface area contributed by atoms with Gasteiger partial charge in [-0.15, -0.1) is 0 Å². The molecule has 0 aliphatic carbocycles. The molecule has 1 amide bonds. The van der Waals surface area contributed by atoms with E-state index in [0.717, 1.165) is 11.1 Å². The standard InChI is InChI=1S/C29H34N2O10/c1-17(2)14-37-25-18(3)41-29(35)22(15-38-28(34)21(25)13-20-9-7-6-8-10-20)31-27(33)24-26(40-16-39-19(4)32)23(36-5)11-12-30-24/h6-12,18,21-22,25H,1,13-16H2,2-5H3,(H,31,33)/t18-,21?,22-,25-/m0/s1. The lowest BCUT2D eigenvalue weighted by Crippen LogP contribution is -2.46. The Morgan fingerprint density at radius 3 is 2.51 bits per heavy atom. The average molecular weight is 571 g/mol. The number of rotatable bonds is 11. The number of nitrogens with one attached hydrogen (secondary N) is 1. The van der Waals surface area contributed by atoms with Crippen molar-refractivity contribution < 1.29 is 47.6 Å². The predicted octanol–water partition coefficient (Wildman–Crippen LogP) is 2.40. The van der Waals surface area contributed by atoms with E-state index in [1.54, 1.807) is 13.8 Å². The van der Waals surface area contributed by atoms with Crippen LogP contribution in [-0.4, -0.2) is 74.2 Å². The Morgan fingerprint density at radius 2 is 1.85 bits per heavy atom. The Kier molecular flexibility index (Phi) is 11.2. The molecule has 12 heteroatoms. The van der Waals surface area contributed by atoms with Gasteiger partial charge >= 0.3 is 17.9 Å². The van der Waals surface area contributed by atoms with Crippen LogP contribution in [0.1, 0.15) is 36.8 Å². The zero-order valence-electron chi connectivity index (χ0n) is 23.4. The summed E-state index contributed by atoms with van der Waals surface area (Å²) in [6, 6.07) is 9.38. The van der Waals surface area contributed by atoms with E-state index >= 15 is 0 Å². The zero-order valence-corrected chi connectivity index (χ0v) is 23.4. The zero-order chi connectivity index (χ0) is 29.9. The Hall–Kier alpha value is -4.45. The molecule has 0 bridgehead atoms. The Labute approximate surface area is 237 Å². The molecular weight excluding hydrogens is 536 g/mol. The summed E-state index contributed by atoms with van der Waals surface area (Å²) in [5.41, 5.74) is 1.33. The van der Waals surface area contributed by atoms with Gasteiger partial charge in [0.25, 0.3) is 5.91 Å². The van der Waals surface area contributed by atoms with Crippen molar-refractivity contribution in [1.82, 2.24) is 10.3 Å². The maximum absolute atomic E-state index is 13.3. The lowest BCUT2D eigenvalue weighted by atomic mass is 9.91. The summed E-state index contributed by atoms with van der Waals surface area (Å²) in [6.07, 6.45) is -0.151. The van der Waals surface area contributed by atoms with E-state index < -0.39 is 61.4 Å². The van der Waals surface area contributed by atoms with Crippen LogP contribution in [0, 0.1) is 5.92 Å². The van der Waals surface area contributed by atoms with Crippen LogP contribution < -0.4 is 14.8 Å². The number of methoxy groups -OCH3 is 1. The van der Waals surface area contributed by atoms with Crippen LogP contribution >= 0.6 is 0 Å². The fraction of sp³-hybridized carbons (Fsp3) is 0.414. The second-order valence-electron chi connectivity index (χ2n) is 9.42. The van der Waals surface area contributed by atoms with E-state index in [1.165, 1.54) is 26.3 Å². The lowest BCUT2D eigenvalue weighted by Gasteiger charge is -2.29. The maximum Gasteiger partial charge on any atom is 0.332 e. The van der Waals surface area contributed by atoms with E-state index in [1.807, 2.05) is 30.3 Å². The van der Waals surface area contributed by atoms with Crippen molar-refractivity contribution in [3.05, 3.63) is 66.0 Å². The van der Waals surface area contributed by atoms with Gasteiger partial charge in [0.05, 0.1) is 19.6 Å². The van der Waals surface area contributed by atoms with Crippen LogP contribution in [0.5, 0.6) is 11.5 Å². The second-order valence-corrected chi connectivity index (χ2v) is 9.42. The van der Waals surface area contributed by atoms with Gasteiger partial charge in [0.1, 0.15) is 18.8 Å². The Bertz CT molecular complexity index is 1250.